The number of carbonyl (C=O) groups is 1. The second-order valence-corrected chi connectivity index (χ2v) is 4.24. The molecule has 0 saturated heterocycles. The highest BCUT2D eigenvalue weighted by atomic mass is 16.5. The Morgan fingerprint density at radius 3 is 2.10 bits per heavy atom. The minimum Gasteiger partial charge on any atom is -0.493 e. The SMILES string of the molecule is C=C(C(=O)OC)c1ccc2cc(OC)c(OC)cc2c1. The highest BCUT2D eigenvalue weighted by molar-refractivity contribution is 6.16. The summed E-state index contributed by atoms with van der Waals surface area (Å²) >= 11 is 0. The molecule has 4 heteroatoms. The van der Waals surface area contributed by atoms with Crippen LogP contribution in [0.25, 0.3) is 16.3 Å². The summed E-state index contributed by atoms with van der Waals surface area (Å²) in [5.41, 5.74) is 1.04. The topological polar surface area (TPSA) is 44.8 Å². The molecule has 20 heavy (non-hydrogen) atoms. The number of benzene rings is 2. The van der Waals surface area contributed by atoms with Gasteiger partial charge in [-0.3, -0.25) is 0 Å². The molecule has 0 fully saturated rings. The van der Waals surface area contributed by atoms with Crippen LogP contribution >= 0.6 is 0 Å². The van der Waals surface area contributed by atoms with Gasteiger partial charge in [-0.1, -0.05) is 18.7 Å². The van der Waals surface area contributed by atoms with Crippen molar-refractivity contribution < 1.29 is 19.0 Å². The number of hydrogen-bond donors (Lipinski definition) is 0. The zero-order chi connectivity index (χ0) is 14.7. The standard InChI is InChI=1S/C16H16O4/c1-10(16(17)20-4)11-5-6-12-8-14(18-2)15(19-3)9-13(12)7-11/h5-9H,1H2,2-4H3. The summed E-state index contributed by atoms with van der Waals surface area (Å²) < 4.78 is 15.2. The van der Waals surface area contributed by atoms with Gasteiger partial charge in [-0.25, -0.2) is 4.79 Å². The van der Waals surface area contributed by atoms with Crippen LogP contribution in [0.15, 0.2) is 36.9 Å². The molecule has 0 aliphatic rings. The van der Waals surface area contributed by atoms with E-state index in [2.05, 4.69) is 11.3 Å². The van der Waals surface area contributed by atoms with Crippen LogP contribution in [0.1, 0.15) is 5.56 Å². The highest BCUT2D eigenvalue weighted by Crippen LogP contribution is 2.33. The Kier molecular flexibility index (Phi) is 3.94. The molecule has 0 amide bonds. The Bertz CT molecular complexity index is 673. The minimum atomic E-state index is -0.440. The summed E-state index contributed by atoms with van der Waals surface area (Å²) in [7, 11) is 4.51. The first-order chi connectivity index (χ1) is 9.60. The average molecular weight is 272 g/mol. The van der Waals surface area contributed by atoms with E-state index in [1.54, 1.807) is 14.2 Å². The highest BCUT2D eigenvalue weighted by Gasteiger charge is 2.11. The third kappa shape index (κ3) is 2.45. The molecule has 0 aromatic heterocycles. The van der Waals surface area contributed by atoms with Crippen molar-refractivity contribution in [2.45, 2.75) is 0 Å². The lowest BCUT2D eigenvalue weighted by molar-refractivity contribution is -0.133. The summed E-state index contributed by atoms with van der Waals surface area (Å²) in [6.07, 6.45) is 0. The third-order valence-electron chi connectivity index (χ3n) is 3.12. The van der Waals surface area contributed by atoms with Crippen molar-refractivity contribution in [3.05, 3.63) is 42.5 Å². The quantitative estimate of drug-likeness (QED) is 0.634. The Morgan fingerprint density at radius 2 is 1.55 bits per heavy atom. The van der Waals surface area contributed by atoms with Gasteiger partial charge in [-0.05, 0) is 34.5 Å². The zero-order valence-corrected chi connectivity index (χ0v) is 11.7. The van der Waals surface area contributed by atoms with Crippen molar-refractivity contribution in [3.63, 3.8) is 0 Å². The Balaban J connectivity index is 2.54. The lowest BCUT2D eigenvalue weighted by atomic mass is 10.0. The van der Waals surface area contributed by atoms with E-state index in [1.165, 1.54) is 7.11 Å². The smallest absolute Gasteiger partial charge is 0.337 e. The van der Waals surface area contributed by atoms with Crippen LogP contribution in [0.3, 0.4) is 0 Å². The van der Waals surface area contributed by atoms with Gasteiger partial charge in [0.2, 0.25) is 0 Å². The van der Waals surface area contributed by atoms with Crippen LogP contribution in [0, 0.1) is 0 Å². The van der Waals surface area contributed by atoms with Gasteiger partial charge in [0.1, 0.15) is 0 Å². The van der Waals surface area contributed by atoms with Crippen molar-refractivity contribution in [3.8, 4) is 11.5 Å². The Hall–Kier alpha value is -2.49. The van der Waals surface area contributed by atoms with Crippen molar-refractivity contribution >= 4 is 22.3 Å². The maximum absolute atomic E-state index is 11.5. The first-order valence-corrected chi connectivity index (χ1v) is 6.04. The van der Waals surface area contributed by atoms with Crippen molar-refractivity contribution in [2.24, 2.45) is 0 Å². The molecule has 0 aliphatic carbocycles. The summed E-state index contributed by atoms with van der Waals surface area (Å²) in [4.78, 5) is 11.5. The molecule has 0 spiro atoms. The molecule has 0 radical (unpaired) electrons. The molecule has 0 bridgehead atoms. The van der Waals surface area contributed by atoms with Gasteiger partial charge in [0.25, 0.3) is 0 Å². The van der Waals surface area contributed by atoms with Crippen molar-refractivity contribution in [2.75, 3.05) is 21.3 Å². The monoisotopic (exact) mass is 272 g/mol. The van der Waals surface area contributed by atoms with E-state index in [1.807, 2.05) is 30.3 Å². The normalized spacial score (nSPS) is 10.2. The number of methoxy groups -OCH3 is 3. The predicted molar refractivity (Wildman–Crippen MR) is 78.1 cm³/mol. The van der Waals surface area contributed by atoms with Crippen molar-refractivity contribution in [1.82, 2.24) is 0 Å². The summed E-state index contributed by atoms with van der Waals surface area (Å²) in [5.74, 6) is 0.866. The molecule has 104 valence electrons. The van der Waals surface area contributed by atoms with Gasteiger partial charge in [0, 0.05) is 0 Å². The van der Waals surface area contributed by atoms with Crippen LogP contribution in [0.4, 0.5) is 0 Å². The largest absolute Gasteiger partial charge is 0.493 e. The molecule has 0 unspecified atom stereocenters. The van der Waals surface area contributed by atoms with E-state index in [9.17, 15) is 4.79 Å². The fourth-order valence-corrected chi connectivity index (χ4v) is 2.00. The molecule has 2 rings (SSSR count). The molecule has 0 aliphatic heterocycles. The molecule has 0 heterocycles. The van der Waals surface area contributed by atoms with Crippen LogP contribution < -0.4 is 9.47 Å². The maximum Gasteiger partial charge on any atom is 0.337 e. The number of hydrogen-bond acceptors (Lipinski definition) is 4. The zero-order valence-electron chi connectivity index (χ0n) is 11.7. The Morgan fingerprint density at radius 1 is 0.950 bits per heavy atom. The number of carbonyl (C=O) groups excluding carboxylic acids is 1. The lowest BCUT2D eigenvalue weighted by Gasteiger charge is -2.10. The van der Waals surface area contributed by atoms with E-state index in [0.29, 0.717) is 17.1 Å². The fourth-order valence-electron chi connectivity index (χ4n) is 2.00. The first kappa shape index (κ1) is 13.9. The van der Waals surface area contributed by atoms with Gasteiger partial charge in [0.15, 0.2) is 11.5 Å². The first-order valence-electron chi connectivity index (χ1n) is 6.04. The van der Waals surface area contributed by atoms with E-state index in [0.717, 1.165) is 16.3 Å². The molecule has 2 aromatic carbocycles. The third-order valence-corrected chi connectivity index (χ3v) is 3.12. The van der Waals surface area contributed by atoms with Gasteiger partial charge < -0.3 is 14.2 Å². The van der Waals surface area contributed by atoms with E-state index in [4.69, 9.17) is 9.47 Å². The maximum atomic E-state index is 11.5. The van der Waals surface area contributed by atoms with Gasteiger partial charge in [0.05, 0.1) is 26.9 Å². The summed E-state index contributed by atoms with van der Waals surface area (Å²) in [6.45, 7) is 3.75. The van der Waals surface area contributed by atoms with Gasteiger partial charge in [-0.15, -0.1) is 0 Å². The molecule has 0 atom stereocenters. The van der Waals surface area contributed by atoms with E-state index >= 15 is 0 Å². The second-order valence-electron chi connectivity index (χ2n) is 4.24. The van der Waals surface area contributed by atoms with Gasteiger partial charge >= 0.3 is 5.97 Å². The lowest BCUT2D eigenvalue weighted by Crippen LogP contribution is -2.02. The number of ether oxygens (including phenoxy) is 3. The summed E-state index contributed by atoms with van der Waals surface area (Å²) in [6, 6.07) is 9.35. The van der Waals surface area contributed by atoms with E-state index in [-0.39, 0.29) is 0 Å². The number of rotatable bonds is 4. The van der Waals surface area contributed by atoms with Crippen LogP contribution in [-0.4, -0.2) is 27.3 Å². The van der Waals surface area contributed by atoms with Crippen molar-refractivity contribution in [1.29, 1.82) is 0 Å². The average Bonchev–Trinajstić information content (AvgIpc) is 2.51. The molecule has 0 N–H and O–H groups in total. The molecule has 2 aromatic rings. The molecule has 0 saturated carbocycles. The number of fused-ring (bicyclic) bond motifs is 1. The summed E-state index contributed by atoms with van der Waals surface area (Å²) in [5, 5.41) is 1.93. The Labute approximate surface area is 117 Å². The predicted octanol–water partition coefficient (Wildman–Crippen LogP) is 3.04. The molecular weight excluding hydrogens is 256 g/mol. The van der Waals surface area contributed by atoms with Crippen LogP contribution in [0.5, 0.6) is 11.5 Å². The van der Waals surface area contributed by atoms with Gasteiger partial charge in [-0.2, -0.15) is 0 Å². The number of esters is 1. The molecule has 4 nitrogen and oxygen atoms in total. The van der Waals surface area contributed by atoms with Crippen LogP contribution in [-0.2, 0) is 9.53 Å². The second kappa shape index (κ2) is 5.65. The van der Waals surface area contributed by atoms with Crippen LogP contribution in [0.2, 0.25) is 0 Å². The van der Waals surface area contributed by atoms with E-state index < -0.39 is 5.97 Å². The fraction of sp³-hybridized carbons (Fsp3) is 0.188. The minimum absolute atomic E-state index is 0.323. The molecular formula is C16H16O4.